The molecule has 0 atom stereocenters. The maximum atomic E-state index is 12.5. The molecule has 2 aromatic carbocycles. The normalized spacial score (nSPS) is 14.6. The number of para-hydroxylation sites is 1. The van der Waals surface area contributed by atoms with E-state index in [2.05, 4.69) is 60.5 Å². The lowest BCUT2D eigenvalue weighted by atomic mass is 10.1. The first-order valence-electron chi connectivity index (χ1n) is 8.97. The van der Waals surface area contributed by atoms with Crippen LogP contribution in [0, 0.1) is 13.8 Å². The highest BCUT2D eigenvalue weighted by Gasteiger charge is 2.21. The monoisotopic (exact) mass is 372 g/mol. The second-order valence-corrected chi connectivity index (χ2v) is 6.76. The Morgan fingerprint density at radius 2 is 1.54 bits per heavy atom. The first kappa shape index (κ1) is 20.3. The van der Waals surface area contributed by atoms with Crippen LogP contribution in [0.1, 0.15) is 16.7 Å². The summed E-state index contributed by atoms with van der Waals surface area (Å²) in [6.07, 6.45) is 0. The SMILES string of the molecule is Cc1cccc(C)c1NCC(=O)N1CCN(Cc2ccccc2)CC1.[Cl-]. The average molecular weight is 373 g/mol. The van der Waals surface area contributed by atoms with Gasteiger partial charge in [0.05, 0.1) is 6.54 Å². The Balaban J connectivity index is 0.00000243. The minimum Gasteiger partial charge on any atom is -1.00 e. The highest BCUT2D eigenvalue weighted by Crippen LogP contribution is 2.19. The summed E-state index contributed by atoms with van der Waals surface area (Å²) in [4.78, 5) is 16.9. The highest BCUT2D eigenvalue weighted by molar-refractivity contribution is 5.81. The van der Waals surface area contributed by atoms with Crippen LogP contribution in [0.25, 0.3) is 0 Å². The summed E-state index contributed by atoms with van der Waals surface area (Å²) < 4.78 is 0. The third-order valence-electron chi connectivity index (χ3n) is 4.87. The number of hydrogen-bond acceptors (Lipinski definition) is 3. The van der Waals surface area contributed by atoms with Crippen LogP contribution >= 0.6 is 0 Å². The van der Waals surface area contributed by atoms with Gasteiger partial charge in [0, 0.05) is 38.4 Å². The summed E-state index contributed by atoms with van der Waals surface area (Å²) in [6.45, 7) is 8.95. The Bertz CT molecular complexity index is 692. The number of amides is 1. The molecule has 26 heavy (non-hydrogen) atoms. The van der Waals surface area contributed by atoms with Gasteiger partial charge in [-0.2, -0.15) is 0 Å². The molecule has 0 bridgehead atoms. The van der Waals surface area contributed by atoms with Crippen LogP contribution in [-0.4, -0.2) is 48.4 Å². The fraction of sp³-hybridized carbons (Fsp3) is 0.381. The summed E-state index contributed by atoms with van der Waals surface area (Å²) in [5.74, 6) is 0.182. The van der Waals surface area contributed by atoms with Crippen molar-refractivity contribution in [3.8, 4) is 0 Å². The topological polar surface area (TPSA) is 35.6 Å². The maximum absolute atomic E-state index is 12.5. The van der Waals surface area contributed by atoms with Crippen LogP contribution in [0.3, 0.4) is 0 Å². The van der Waals surface area contributed by atoms with E-state index in [1.54, 1.807) is 0 Å². The standard InChI is InChI=1S/C21H27N3O.ClH/c1-17-7-6-8-18(2)21(17)22-15-20(25)24-13-11-23(12-14-24)16-19-9-4-3-5-10-19;/h3-10,22H,11-16H2,1-2H3;1H/p-1. The van der Waals surface area contributed by atoms with E-state index in [0.29, 0.717) is 6.54 Å². The van der Waals surface area contributed by atoms with E-state index < -0.39 is 0 Å². The largest absolute Gasteiger partial charge is 1.00 e. The van der Waals surface area contributed by atoms with Gasteiger partial charge in [0.2, 0.25) is 5.91 Å². The fourth-order valence-electron chi connectivity index (χ4n) is 3.37. The van der Waals surface area contributed by atoms with Gasteiger partial charge in [-0.25, -0.2) is 0 Å². The van der Waals surface area contributed by atoms with Crippen molar-refractivity contribution < 1.29 is 17.2 Å². The van der Waals surface area contributed by atoms with Crippen molar-refractivity contribution in [1.29, 1.82) is 0 Å². The van der Waals surface area contributed by atoms with Gasteiger partial charge >= 0.3 is 0 Å². The molecule has 1 saturated heterocycles. The first-order valence-corrected chi connectivity index (χ1v) is 8.97. The third kappa shape index (κ3) is 5.23. The molecule has 2 aromatic rings. The molecule has 0 aliphatic carbocycles. The van der Waals surface area contributed by atoms with Crippen LogP contribution in [0.4, 0.5) is 5.69 Å². The molecule has 1 heterocycles. The zero-order chi connectivity index (χ0) is 17.6. The Kier molecular flexibility index (Phi) is 7.49. The fourth-order valence-corrected chi connectivity index (χ4v) is 3.37. The van der Waals surface area contributed by atoms with Gasteiger partial charge < -0.3 is 22.6 Å². The molecule has 1 aliphatic heterocycles. The summed E-state index contributed by atoms with van der Waals surface area (Å²) >= 11 is 0. The van der Waals surface area contributed by atoms with Gasteiger partial charge in [0.25, 0.3) is 0 Å². The minimum atomic E-state index is 0. The van der Waals surface area contributed by atoms with Crippen molar-refractivity contribution in [3.05, 3.63) is 65.2 Å². The van der Waals surface area contributed by atoms with Gasteiger partial charge in [-0.1, -0.05) is 48.5 Å². The van der Waals surface area contributed by atoms with E-state index in [0.717, 1.165) is 38.4 Å². The minimum absolute atomic E-state index is 0. The molecule has 0 unspecified atom stereocenters. The molecular weight excluding hydrogens is 346 g/mol. The molecule has 4 nitrogen and oxygen atoms in total. The van der Waals surface area contributed by atoms with E-state index >= 15 is 0 Å². The predicted molar refractivity (Wildman–Crippen MR) is 103 cm³/mol. The number of carbonyl (C=O) groups excluding carboxylic acids is 1. The molecule has 1 fully saturated rings. The Hall–Kier alpha value is -2.04. The maximum Gasteiger partial charge on any atom is 0.241 e. The molecule has 1 amide bonds. The lowest BCUT2D eigenvalue weighted by Gasteiger charge is -2.35. The molecule has 140 valence electrons. The van der Waals surface area contributed by atoms with Crippen molar-refractivity contribution in [1.82, 2.24) is 9.80 Å². The van der Waals surface area contributed by atoms with Crippen LogP contribution < -0.4 is 17.7 Å². The average Bonchev–Trinajstić information content (AvgIpc) is 2.62. The molecule has 0 aromatic heterocycles. The van der Waals surface area contributed by atoms with Gasteiger partial charge in [0.15, 0.2) is 0 Å². The number of anilines is 1. The summed E-state index contributed by atoms with van der Waals surface area (Å²) in [5, 5.41) is 3.32. The molecule has 5 heteroatoms. The number of aryl methyl sites for hydroxylation is 2. The molecule has 1 N–H and O–H groups in total. The summed E-state index contributed by atoms with van der Waals surface area (Å²) in [7, 11) is 0. The molecule has 0 radical (unpaired) electrons. The van der Waals surface area contributed by atoms with Crippen molar-refractivity contribution in [3.63, 3.8) is 0 Å². The van der Waals surface area contributed by atoms with Crippen molar-refractivity contribution >= 4 is 11.6 Å². The molecule has 0 spiro atoms. The number of carbonyl (C=O) groups is 1. The summed E-state index contributed by atoms with van der Waals surface area (Å²) in [6, 6.07) is 16.7. The third-order valence-corrected chi connectivity index (χ3v) is 4.87. The van der Waals surface area contributed by atoms with Crippen LogP contribution in [-0.2, 0) is 11.3 Å². The number of halogens is 1. The molecule has 3 rings (SSSR count). The quantitative estimate of drug-likeness (QED) is 0.806. The van der Waals surface area contributed by atoms with Gasteiger partial charge in [-0.15, -0.1) is 0 Å². The number of benzene rings is 2. The van der Waals surface area contributed by atoms with E-state index in [4.69, 9.17) is 0 Å². The van der Waals surface area contributed by atoms with Crippen LogP contribution in [0.15, 0.2) is 48.5 Å². The second kappa shape index (κ2) is 9.60. The van der Waals surface area contributed by atoms with E-state index in [9.17, 15) is 4.79 Å². The van der Waals surface area contributed by atoms with Crippen LogP contribution in [0.5, 0.6) is 0 Å². The van der Waals surface area contributed by atoms with Gasteiger partial charge in [-0.05, 0) is 30.5 Å². The molecule has 1 aliphatic rings. The number of hydrogen-bond donors (Lipinski definition) is 1. The molecular formula is C21H27ClN3O-. The Morgan fingerprint density at radius 1 is 0.923 bits per heavy atom. The zero-order valence-electron chi connectivity index (χ0n) is 15.5. The number of piperazine rings is 1. The lowest BCUT2D eigenvalue weighted by Crippen LogP contribution is -3.00. The van der Waals surface area contributed by atoms with E-state index in [1.807, 2.05) is 17.0 Å². The number of nitrogens with one attached hydrogen (secondary N) is 1. The first-order chi connectivity index (χ1) is 12.1. The second-order valence-electron chi connectivity index (χ2n) is 6.76. The van der Waals surface area contributed by atoms with Gasteiger partial charge in [-0.3, -0.25) is 9.69 Å². The van der Waals surface area contributed by atoms with Crippen molar-refractivity contribution in [2.24, 2.45) is 0 Å². The summed E-state index contributed by atoms with van der Waals surface area (Å²) in [5.41, 5.74) is 4.78. The number of rotatable bonds is 5. The highest BCUT2D eigenvalue weighted by atomic mass is 35.5. The lowest BCUT2D eigenvalue weighted by molar-refractivity contribution is -0.131. The zero-order valence-corrected chi connectivity index (χ0v) is 16.3. The predicted octanol–water partition coefficient (Wildman–Crippen LogP) is 0.0637. The van der Waals surface area contributed by atoms with Crippen LogP contribution in [0.2, 0.25) is 0 Å². The van der Waals surface area contributed by atoms with Crippen molar-refractivity contribution in [2.75, 3.05) is 38.0 Å². The molecule has 0 saturated carbocycles. The smallest absolute Gasteiger partial charge is 0.241 e. The van der Waals surface area contributed by atoms with E-state index in [-0.39, 0.29) is 18.3 Å². The number of nitrogens with zero attached hydrogens (tertiary/aromatic N) is 2. The van der Waals surface area contributed by atoms with Crippen molar-refractivity contribution in [2.45, 2.75) is 20.4 Å². The van der Waals surface area contributed by atoms with Gasteiger partial charge in [0.1, 0.15) is 0 Å². The van der Waals surface area contributed by atoms with E-state index in [1.165, 1.54) is 16.7 Å². The Labute approximate surface area is 162 Å². The Morgan fingerprint density at radius 3 is 2.15 bits per heavy atom.